The molecule has 0 aliphatic heterocycles. The van der Waals surface area contributed by atoms with E-state index in [0.717, 1.165) is 40.5 Å². The highest BCUT2D eigenvalue weighted by Crippen LogP contribution is 2.44. The number of nitrogens with zero attached hydrogens (tertiary/aromatic N) is 2. The van der Waals surface area contributed by atoms with Gasteiger partial charge in [-0.2, -0.15) is 0 Å². The Balaban J connectivity index is 1.41. The van der Waals surface area contributed by atoms with Gasteiger partial charge in [-0.1, -0.05) is 54.1 Å². The third-order valence-electron chi connectivity index (χ3n) is 4.79. The van der Waals surface area contributed by atoms with Crippen molar-refractivity contribution in [3.8, 4) is 0 Å². The fourth-order valence-electron chi connectivity index (χ4n) is 3.38. The van der Waals surface area contributed by atoms with Crippen molar-refractivity contribution in [2.24, 2.45) is 0 Å². The predicted molar refractivity (Wildman–Crippen MR) is 109 cm³/mol. The smallest absolute Gasteiger partial charge is 0.237 e. The fourth-order valence-corrected chi connectivity index (χ4v) is 6.06. The Bertz CT molecular complexity index is 903. The topological polar surface area (TPSA) is 54.9 Å². The van der Waals surface area contributed by atoms with Crippen LogP contribution in [0.5, 0.6) is 0 Å². The van der Waals surface area contributed by atoms with Crippen LogP contribution in [0.15, 0.2) is 46.1 Å². The van der Waals surface area contributed by atoms with Crippen molar-refractivity contribution in [3.05, 3.63) is 58.0 Å². The number of halogens is 1. The number of anilines is 1. The second-order valence-corrected chi connectivity index (χ2v) is 9.66. The second-order valence-electron chi connectivity index (χ2n) is 6.51. The molecule has 0 saturated heterocycles. The van der Waals surface area contributed by atoms with Crippen molar-refractivity contribution < 1.29 is 9.18 Å². The number of carbonyl (C=O) groups is 1. The van der Waals surface area contributed by atoms with Crippen molar-refractivity contribution in [3.63, 3.8) is 0 Å². The van der Waals surface area contributed by atoms with Gasteiger partial charge in [0.05, 0.1) is 5.41 Å². The van der Waals surface area contributed by atoms with E-state index in [4.69, 9.17) is 0 Å². The molecule has 1 aliphatic rings. The molecule has 4 rings (SSSR count). The summed E-state index contributed by atoms with van der Waals surface area (Å²) in [5, 5.41) is 13.8. The van der Waals surface area contributed by atoms with Crippen LogP contribution in [-0.2, 0) is 16.0 Å². The lowest BCUT2D eigenvalue weighted by Crippen LogP contribution is -2.37. The number of thioether (sulfide) groups is 1. The molecule has 0 spiro atoms. The SMILES string of the molecule is O=C(Nc1nnc(SCc2ccc(F)cc2)s1)C1(c2cccs2)CCCC1. The monoisotopic (exact) mass is 419 g/mol. The zero-order valence-corrected chi connectivity index (χ0v) is 16.9. The summed E-state index contributed by atoms with van der Waals surface area (Å²) in [6, 6.07) is 10.5. The quantitative estimate of drug-likeness (QED) is 0.424. The van der Waals surface area contributed by atoms with Crippen LogP contribution in [0.3, 0.4) is 0 Å². The van der Waals surface area contributed by atoms with E-state index in [9.17, 15) is 9.18 Å². The minimum absolute atomic E-state index is 0.0219. The average Bonchev–Trinajstić information content (AvgIpc) is 3.42. The Morgan fingerprint density at radius 3 is 2.67 bits per heavy atom. The van der Waals surface area contributed by atoms with E-state index in [1.165, 1.54) is 35.2 Å². The molecule has 8 heteroatoms. The number of thiophene rings is 1. The number of nitrogens with one attached hydrogen (secondary N) is 1. The highest BCUT2D eigenvalue weighted by atomic mass is 32.2. The van der Waals surface area contributed by atoms with Gasteiger partial charge in [0.15, 0.2) is 4.34 Å². The van der Waals surface area contributed by atoms with E-state index in [2.05, 4.69) is 21.6 Å². The predicted octanol–water partition coefficient (Wildman–Crippen LogP) is 5.48. The summed E-state index contributed by atoms with van der Waals surface area (Å²) in [5.41, 5.74) is 0.589. The number of rotatable bonds is 6. The molecule has 2 aromatic heterocycles. The van der Waals surface area contributed by atoms with Crippen molar-refractivity contribution in [1.29, 1.82) is 0 Å². The maximum absolute atomic E-state index is 13.0. The van der Waals surface area contributed by atoms with Crippen LogP contribution in [-0.4, -0.2) is 16.1 Å². The molecule has 1 aromatic carbocycles. The van der Waals surface area contributed by atoms with Crippen molar-refractivity contribution in [2.75, 3.05) is 5.32 Å². The van der Waals surface area contributed by atoms with Crippen LogP contribution in [0.1, 0.15) is 36.1 Å². The maximum Gasteiger partial charge on any atom is 0.237 e. The summed E-state index contributed by atoms with van der Waals surface area (Å²) in [6.45, 7) is 0. The summed E-state index contributed by atoms with van der Waals surface area (Å²) in [4.78, 5) is 14.2. The van der Waals surface area contributed by atoms with Crippen molar-refractivity contribution in [1.82, 2.24) is 10.2 Å². The molecule has 0 radical (unpaired) electrons. The Morgan fingerprint density at radius 2 is 1.96 bits per heavy atom. The minimum Gasteiger partial charge on any atom is -0.300 e. The minimum atomic E-state index is -0.429. The number of hydrogen-bond donors (Lipinski definition) is 1. The Hall–Kier alpha value is -1.77. The summed E-state index contributed by atoms with van der Waals surface area (Å²) in [6.07, 6.45) is 3.90. The molecule has 1 aliphatic carbocycles. The third-order valence-corrected chi connectivity index (χ3v) is 7.90. The number of benzene rings is 1. The van der Waals surface area contributed by atoms with E-state index in [-0.39, 0.29) is 11.7 Å². The van der Waals surface area contributed by atoms with E-state index < -0.39 is 5.41 Å². The summed E-state index contributed by atoms with van der Waals surface area (Å²) in [5.74, 6) is 0.465. The zero-order valence-electron chi connectivity index (χ0n) is 14.5. The fraction of sp³-hybridized carbons (Fsp3) is 0.316. The van der Waals surface area contributed by atoms with E-state index in [0.29, 0.717) is 10.9 Å². The zero-order chi connectivity index (χ0) is 18.7. The van der Waals surface area contributed by atoms with Crippen LogP contribution in [0.4, 0.5) is 9.52 Å². The highest BCUT2D eigenvalue weighted by Gasteiger charge is 2.43. The number of amides is 1. The van der Waals surface area contributed by atoms with Crippen molar-refractivity contribution in [2.45, 2.75) is 41.2 Å². The highest BCUT2D eigenvalue weighted by molar-refractivity contribution is 8.00. The molecule has 2 heterocycles. The van der Waals surface area contributed by atoms with Crippen LogP contribution in [0.25, 0.3) is 0 Å². The lowest BCUT2D eigenvalue weighted by Gasteiger charge is -2.25. The second kappa shape index (κ2) is 8.08. The van der Waals surface area contributed by atoms with E-state index >= 15 is 0 Å². The number of aromatic nitrogens is 2. The van der Waals surface area contributed by atoms with E-state index in [1.807, 2.05) is 11.4 Å². The molecule has 1 amide bonds. The van der Waals surface area contributed by atoms with Gasteiger partial charge in [0.25, 0.3) is 0 Å². The van der Waals surface area contributed by atoms with Gasteiger partial charge >= 0.3 is 0 Å². The molecule has 140 valence electrons. The standard InChI is InChI=1S/C19H18FN3OS3/c20-14-7-5-13(6-8-14)12-26-18-23-22-17(27-18)21-16(24)19(9-1-2-10-19)15-4-3-11-25-15/h3-8,11H,1-2,9-10,12H2,(H,21,22,24). The molecule has 4 nitrogen and oxygen atoms in total. The molecular formula is C19H18FN3OS3. The van der Waals surface area contributed by atoms with Gasteiger partial charge in [-0.15, -0.1) is 21.5 Å². The van der Waals surface area contributed by atoms with Gasteiger partial charge in [-0.3, -0.25) is 10.1 Å². The van der Waals surface area contributed by atoms with E-state index in [1.54, 1.807) is 23.5 Å². The first kappa shape index (κ1) is 18.6. The maximum atomic E-state index is 13.0. The molecule has 3 aromatic rings. The Kier molecular flexibility index (Phi) is 5.56. The molecular weight excluding hydrogens is 401 g/mol. The van der Waals surface area contributed by atoms with Gasteiger partial charge in [0, 0.05) is 10.6 Å². The van der Waals surface area contributed by atoms with Crippen molar-refractivity contribution >= 4 is 45.5 Å². The molecule has 1 fully saturated rings. The lowest BCUT2D eigenvalue weighted by molar-refractivity contribution is -0.121. The Morgan fingerprint density at radius 1 is 1.19 bits per heavy atom. The summed E-state index contributed by atoms with van der Waals surface area (Å²) < 4.78 is 13.8. The van der Waals surface area contributed by atoms with Crippen LogP contribution < -0.4 is 5.32 Å². The molecule has 0 atom stereocenters. The first-order chi connectivity index (χ1) is 13.2. The van der Waals surface area contributed by atoms with Gasteiger partial charge in [0.2, 0.25) is 11.0 Å². The number of hydrogen-bond acceptors (Lipinski definition) is 6. The molecule has 1 saturated carbocycles. The summed E-state index contributed by atoms with van der Waals surface area (Å²) >= 11 is 4.55. The van der Waals surface area contributed by atoms with Gasteiger partial charge < -0.3 is 0 Å². The number of carbonyl (C=O) groups excluding carboxylic acids is 1. The largest absolute Gasteiger partial charge is 0.300 e. The first-order valence-corrected chi connectivity index (χ1v) is 11.4. The Labute approximate surface area is 169 Å². The molecule has 0 bridgehead atoms. The lowest BCUT2D eigenvalue weighted by atomic mass is 9.83. The van der Waals surface area contributed by atoms with Crippen LogP contribution in [0.2, 0.25) is 0 Å². The average molecular weight is 420 g/mol. The molecule has 0 unspecified atom stereocenters. The van der Waals surface area contributed by atoms with Crippen LogP contribution >= 0.6 is 34.4 Å². The van der Waals surface area contributed by atoms with Crippen LogP contribution in [0, 0.1) is 5.82 Å². The third kappa shape index (κ3) is 4.07. The van der Waals surface area contributed by atoms with Gasteiger partial charge in [0.1, 0.15) is 5.82 Å². The first-order valence-electron chi connectivity index (χ1n) is 8.72. The molecule has 1 N–H and O–H groups in total. The normalized spacial score (nSPS) is 15.7. The summed E-state index contributed by atoms with van der Waals surface area (Å²) in [7, 11) is 0. The van der Waals surface area contributed by atoms with Gasteiger partial charge in [-0.05, 0) is 42.0 Å². The van der Waals surface area contributed by atoms with Gasteiger partial charge in [-0.25, -0.2) is 4.39 Å². The molecule has 27 heavy (non-hydrogen) atoms.